The second-order valence-corrected chi connectivity index (χ2v) is 8.31. The summed E-state index contributed by atoms with van der Waals surface area (Å²) >= 11 is 0. The van der Waals surface area contributed by atoms with Crippen LogP contribution in [0.15, 0.2) is 48.4 Å². The van der Waals surface area contributed by atoms with Gasteiger partial charge >= 0.3 is 0 Å². The molecule has 1 aliphatic heterocycles. The molecule has 2 aromatic rings. The molecule has 0 atom stereocenters. The van der Waals surface area contributed by atoms with E-state index in [0.29, 0.717) is 36.4 Å². The number of hydrogen-bond acceptors (Lipinski definition) is 5. The maximum absolute atomic E-state index is 13.8. The lowest BCUT2D eigenvalue weighted by molar-refractivity contribution is -0.0980. The number of ether oxygens (including phenoxy) is 1. The molecule has 8 heteroatoms. The summed E-state index contributed by atoms with van der Waals surface area (Å²) in [5, 5.41) is 19.0. The molecule has 34 heavy (non-hydrogen) atoms. The topological polar surface area (TPSA) is 70.0 Å². The van der Waals surface area contributed by atoms with Crippen LogP contribution in [0.25, 0.3) is 0 Å². The maximum Gasteiger partial charge on any atom is 0.135 e. The van der Waals surface area contributed by atoms with Gasteiger partial charge in [0.1, 0.15) is 42.4 Å². The highest BCUT2D eigenvalue weighted by atomic mass is 19.1. The van der Waals surface area contributed by atoms with Gasteiger partial charge in [0.2, 0.25) is 0 Å². The number of rotatable bonds is 6. The second-order valence-electron chi connectivity index (χ2n) is 8.31. The molecule has 0 spiro atoms. The van der Waals surface area contributed by atoms with Crippen LogP contribution in [0.2, 0.25) is 0 Å². The minimum absolute atomic E-state index is 0.0768. The van der Waals surface area contributed by atoms with Crippen molar-refractivity contribution in [3.8, 4) is 5.75 Å². The molecule has 0 unspecified atom stereocenters. The first kappa shape index (κ1) is 28.8. The summed E-state index contributed by atoms with van der Waals surface area (Å²) in [5.74, 6) is -1.84. The number of benzene rings is 2. The largest absolute Gasteiger partial charge is 0.508 e. The van der Waals surface area contributed by atoms with Gasteiger partial charge in [-0.3, -0.25) is 0 Å². The van der Waals surface area contributed by atoms with E-state index in [1.54, 1.807) is 24.1 Å². The van der Waals surface area contributed by atoms with Crippen LogP contribution in [0.3, 0.4) is 0 Å². The van der Waals surface area contributed by atoms with Crippen molar-refractivity contribution in [2.45, 2.75) is 40.7 Å². The summed E-state index contributed by atoms with van der Waals surface area (Å²) in [6.45, 7) is 13.7. The molecule has 0 aliphatic carbocycles. The lowest BCUT2D eigenvalue weighted by Crippen LogP contribution is -2.26. The lowest BCUT2D eigenvalue weighted by atomic mass is 9.96. The number of allylic oxidation sites excluding steroid dienone is 1. The molecule has 3 rings (SSSR count). The van der Waals surface area contributed by atoms with Gasteiger partial charge in [0.25, 0.3) is 0 Å². The first-order chi connectivity index (χ1) is 16.0. The predicted octanol–water partition coefficient (Wildman–Crippen LogP) is 5.78. The molecular formula is C26H32F3NO4. The first-order valence-corrected chi connectivity index (χ1v) is 10.7. The van der Waals surface area contributed by atoms with Gasteiger partial charge in [-0.15, -0.1) is 0 Å². The SMILES string of the molecule is C=C(O)C1=CN(CCO)c2cc(C)c(OCc3c(F)cc(F)cc3F)cc2C1.C=O.CC(C)C. The van der Waals surface area contributed by atoms with E-state index in [4.69, 9.17) is 9.53 Å². The van der Waals surface area contributed by atoms with E-state index in [1.165, 1.54) is 0 Å². The van der Waals surface area contributed by atoms with Gasteiger partial charge in [0.15, 0.2) is 0 Å². The third-order valence-electron chi connectivity index (χ3n) is 4.57. The molecule has 2 N–H and O–H groups in total. The smallest absolute Gasteiger partial charge is 0.135 e. The summed E-state index contributed by atoms with van der Waals surface area (Å²) in [5.41, 5.74) is 2.60. The van der Waals surface area contributed by atoms with Crippen LogP contribution in [-0.2, 0) is 17.8 Å². The van der Waals surface area contributed by atoms with Crippen molar-refractivity contribution in [2.24, 2.45) is 5.92 Å². The van der Waals surface area contributed by atoms with Crippen molar-refractivity contribution in [2.75, 3.05) is 18.1 Å². The molecule has 2 aromatic carbocycles. The highest BCUT2D eigenvalue weighted by molar-refractivity contribution is 5.65. The average molecular weight is 480 g/mol. The maximum atomic E-state index is 13.8. The van der Waals surface area contributed by atoms with Crippen LogP contribution in [-0.4, -0.2) is 30.2 Å². The van der Waals surface area contributed by atoms with Crippen LogP contribution in [0.4, 0.5) is 18.9 Å². The normalized spacial score (nSPS) is 12.0. The molecule has 5 nitrogen and oxygen atoms in total. The number of nitrogens with zero attached hydrogens (tertiary/aromatic N) is 1. The molecule has 0 saturated carbocycles. The van der Waals surface area contributed by atoms with Gasteiger partial charge in [0.05, 0.1) is 12.2 Å². The van der Waals surface area contributed by atoms with E-state index in [-0.39, 0.29) is 17.9 Å². The molecular weight excluding hydrogens is 447 g/mol. The number of aliphatic hydroxyl groups excluding tert-OH is 2. The van der Waals surface area contributed by atoms with Gasteiger partial charge in [0, 0.05) is 42.6 Å². The zero-order valence-corrected chi connectivity index (χ0v) is 20.0. The fraction of sp³-hybridized carbons (Fsp3) is 0.346. The molecule has 0 saturated heterocycles. The van der Waals surface area contributed by atoms with E-state index in [0.717, 1.165) is 22.7 Å². The number of fused-ring (bicyclic) bond motifs is 1. The zero-order valence-electron chi connectivity index (χ0n) is 20.0. The van der Waals surface area contributed by atoms with Crippen molar-refractivity contribution >= 4 is 12.5 Å². The summed E-state index contributed by atoms with van der Waals surface area (Å²) in [4.78, 5) is 9.80. The Hall–Kier alpha value is -3.26. The lowest BCUT2D eigenvalue weighted by Gasteiger charge is -2.30. The fourth-order valence-corrected chi connectivity index (χ4v) is 3.12. The van der Waals surface area contributed by atoms with Crippen LogP contribution in [0.5, 0.6) is 5.75 Å². The zero-order chi connectivity index (χ0) is 26.0. The highest BCUT2D eigenvalue weighted by Gasteiger charge is 2.21. The van der Waals surface area contributed by atoms with Crippen molar-refractivity contribution in [3.05, 3.63) is 82.5 Å². The van der Waals surface area contributed by atoms with Crippen LogP contribution >= 0.6 is 0 Å². The standard InChI is InChI=1S/C21H20F3NO3.C4H10.CH2O/c1-12-5-20-14(6-15(13(2)27)10-25(20)3-4-26)7-21(12)28-11-17-18(23)8-16(22)9-19(17)24;1-4(2)3;1-2/h5,7-10,26-27H,2-4,6,11H2,1H3;4H,1-3H3;1H2. The number of carbonyl (C=O) groups is 1. The highest BCUT2D eigenvalue weighted by Crippen LogP contribution is 2.36. The van der Waals surface area contributed by atoms with Crippen molar-refractivity contribution in [1.29, 1.82) is 0 Å². The van der Waals surface area contributed by atoms with E-state index in [2.05, 4.69) is 27.4 Å². The molecule has 1 aliphatic rings. The molecule has 0 aromatic heterocycles. The molecule has 0 bridgehead atoms. The monoisotopic (exact) mass is 479 g/mol. The Labute approximate surface area is 198 Å². The van der Waals surface area contributed by atoms with Crippen molar-refractivity contribution in [1.82, 2.24) is 0 Å². The Morgan fingerprint density at radius 2 is 1.68 bits per heavy atom. The Balaban J connectivity index is 0.000000872. The molecule has 186 valence electrons. The summed E-state index contributed by atoms with van der Waals surface area (Å²) < 4.78 is 46.3. The number of aryl methyl sites for hydroxylation is 1. The van der Waals surface area contributed by atoms with Crippen LogP contribution in [0.1, 0.15) is 37.5 Å². The third-order valence-corrected chi connectivity index (χ3v) is 4.57. The molecule has 0 amide bonds. The Morgan fingerprint density at radius 3 is 2.18 bits per heavy atom. The fourth-order valence-electron chi connectivity index (χ4n) is 3.12. The van der Waals surface area contributed by atoms with E-state index >= 15 is 0 Å². The Morgan fingerprint density at radius 1 is 1.12 bits per heavy atom. The Kier molecular flexibility index (Phi) is 11.4. The summed E-state index contributed by atoms with van der Waals surface area (Å²) in [7, 11) is 0. The molecule has 0 fully saturated rings. The quantitative estimate of drug-likeness (QED) is 0.514. The van der Waals surface area contributed by atoms with Crippen LogP contribution < -0.4 is 9.64 Å². The number of carbonyl (C=O) groups excluding carboxylic acids is 1. The minimum Gasteiger partial charge on any atom is -0.508 e. The molecule has 1 heterocycles. The molecule has 0 radical (unpaired) electrons. The average Bonchev–Trinajstić information content (AvgIpc) is 2.74. The van der Waals surface area contributed by atoms with Crippen LogP contribution in [0, 0.1) is 30.3 Å². The van der Waals surface area contributed by atoms with Crippen molar-refractivity contribution in [3.63, 3.8) is 0 Å². The number of hydrogen-bond donors (Lipinski definition) is 2. The number of halogens is 3. The summed E-state index contributed by atoms with van der Waals surface area (Å²) in [6, 6.07) is 4.78. The first-order valence-electron chi connectivity index (χ1n) is 10.7. The van der Waals surface area contributed by atoms with E-state index < -0.39 is 24.1 Å². The van der Waals surface area contributed by atoms with E-state index in [9.17, 15) is 23.4 Å². The Bertz CT molecular complexity index is 996. The van der Waals surface area contributed by atoms with E-state index in [1.807, 2.05) is 12.9 Å². The van der Waals surface area contributed by atoms with Gasteiger partial charge in [-0.2, -0.15) is 0 Å². The third kappa shape index (κ3) is 7.95. The predicted molar refractivity (Wildman–Crippen MR) is 127 cm³/mol. The minimum atomic E-state index is -1.01. The van der Waals surface area contributed by atoms with Crippen molar-refractivity contribution < 1.29 is 32.9 Å². The summed E-state index contributed by atoms with van der Waals surface area (Å²) in [6.07, 6.45) is 2.12. The van der Waals surface area contributed by atoms with Gasteiger partial charge < -0.3 is 24.6 Å². The van der Waals surface area contributed by atoms with Gasteiger partial charge in [-0.25, -0.2) is 13.2 Å². The van der Waals surface area contributed by atoms with Gasteiger partial charge in [-0.1, -0.05) is 27.4 Å². The van der Waals surface area contributed by atoms with Gasteiger partial charge in [-0.05, 0) is 36.1 Å². The second kappa shape index (κ2) is 13.4. The number of anilines is 1. The number of aliphatic hydroxyl groups is 2. The number of β-amino-alcohol motifs (C(OH)–C–C–N with tert-alkyl or cyclic N) is 1.